The molecular weight excluding hydrogens is 304 g/mol. The van der Waals surface area contributed by atoms with E-state index in [1.54, 1.807) is 4.68 Å². The predicted molar refractivity (Wildman–Crippen MR) is 91.6 cm³/mol. The van der Waals surface area contributed by atoms with Crippen molar-refractivity contribution in [3.63, 3.8) is 0 Å². The lowest BCUT2D eigenvalue weighted by molar-refractivity contribution is -0.137. The average Bonchev–Trinajstić information content (AvgIpc) is 2.79. The van der Waals surface area contributed by atoms with Gasteiger partial charge in [-0.05, 0) is 68.7 Å². The van der Waals surface area contributed by atoms with Crippen molar-refractivity contribution in [3.05, 3.63) is 45.3 Å². The predicted octanol–water partition coefficient (Wildman–Crippen LogP) is 3.07. The molecule has 0 amide bonds. The lowest BCUT2D eigenvalue weighted by Crippen LogP contribution is -2.12. The number of aryl methyl sites for hydroxylation is 2. The number of benzene rings is 1. The number of carboxylic acids is 1. The molecule has 1 heterocycles. The highest BCUT2D eigenvalue weighted by molar-refractivity contribution is 5.66. The van der Waals surface area contributed by atoms with Gasteiger partial charge in [-0.15, -0.1) is 0 Å². The second-order valence-corrected chi connectivity index (χ2v) is 6.74. The van der Waals surface area contributed by atoms with E-state index < -0.39 is 5.97 Å². The van der Waals surface area contributed by atoms with Gasteiger partial charge >= 0.3 is 5.97 Å². The summed E-state index contributed by atoms with van der Waals surface area (Å²) in [5.74, 6) is -0.437. The van der Waals surface area contributed by atoms with E-state index in [2.05, 4.69) is 11.2 Å². The van der Waals surface area contributed by atoms with Gasteiger partial charge < -0.3 is 10.2 Å². The van der Waals surface area contributed by atoms with Crippen molar-refractivity contribution in [1.82, 2.24) is 9.78 Å². The van der Waals surface area contributed by atoms with Crippen molar-refractivity contribution in [2.45, 2.75) is 59.4 Å². The molecule has 2 N–H and O–H groups in total. The van der Waals surface area contributed by atoms with Crippen molar-refractivity contribution in [2.75, 3.05) is 0 Å². The van der Waals surface area contributed by atoms with E-state index in [4.69, 9.17) is 5.11 Å². The summed E-state index contributed by atoms with van der Waals surface area (Å²) in [7, 11) is 0. The summed E-state index contributed by atoms with van der Waals surface area (Å²) in [5, 5.41) is 23.8. The first-order chi connectivity index (χ1) is 11.4. The van der Waals surface area contributed by atoms with Gasteiger partial charge in [0.05, 0.1) is 5.69 Å². The van der Waals surface area contributed by atoms with Crippen molar-refractivity contribution >= 4 is 5.97 Å². The van der Waals surface area contributed by atoms with Crippen molar-refractivity contribution < 1.29 is 15.0 Å². The number of hydrogen-bond acceptors (Lipinski definition) is 3. The normalized spacial score (nSPS) is 13.8. The van der Waals surface area contributed by atoms with Crippen LogP contribution in [-0.4, -0.2) is 26.0 Å². The quantitative estimate of drug-likeness (QED) is 0.904. The summed E-state index contributed by atoms with van der Waals surface area (Å²) in [4.78, 5) is 11.0. The fourth-order valence-corrected chi connectivity index (χ4v) is 3.80. The number of aromatic nitrogens is 2. The van der Waals surface area contributed by atoms with Gasteiger partial charge in [-0.3, -0.25) is 9.48 Å². The van der Waals surface area contributed by atoms with Crippen LogP contribution in [0.3, 0.4) is 0 Å². The van der Waals surface area contributed by atoms with Crippen LogP contribution < -0.4 is 0 Å². The molecule has 2 aromatic rings. The minimum atomic E-state index is -0.884. The maximum Gasteiger partial charge on any atom is 0.325 e. The molecule has 0 radical (unpaired) electrons. The molecule has 0 atom stereocenters. The van der Waals surface area contributed by atoms with Crippen LogP contribution in [0, 0.1) is 20.8 Å². The fourth-order valence-electron chi connectivity index (χ4n) is 3.80. The third kappa shape index (κ3) is 2.90. The summed E-state index contributed by atoms with van der Waals surface area (Å²) < 4.78 is 1.56. The van der Waals surface area contributed by atoms with Gasteiger partial charge in [-0.1, -0.05) is 6.07 Å². The van der Waals surface area contributed by atoms with Gasteiger partial charge in [0, 0.05) is 17.7 Å². The van der Waals surface area contributed by atoms with E-state index in [9.17, 15) is 9.90 Å². The monoisotopic (exact) mass is 328 g/mol. The molecule has 1 aliphatic rings. The number of fused-ring (bicyclic) bond motifs is 1. The zero-order valence-electron chi connectivity index (χ0n) is 14.5. The summed E-state index contributed by atoms with van der Waals surface area (Å²) in [6.07, 6.45) is 4.95. The summed E-state index contributed by atoms with van der Waals surface area (Å²) in [6.45, 7) is 5.69. The minimum absolute atomic E-state index is 0.112. The number of nitrogens with zero attached hydrogens (tertiary/aromatic N) is 2. The van der Waals surface area contributed by atoms with Crippen molar-refractivity contribution in [1.29, 1.82) is 0 Å². The Kier molecular flexibility index (Phi) is 4.35. The van der Waals surface area contributed by atoms with Crippen LogP contribution in [0.4, 0.5) is 0 Å². The topological polar surface area (TPSA) is 75.4 Å². The molecule has 5 nitrogen and oxygen atoms in total. The number of hydrogen-bond donors (Lipinski definition) is 2. The van der Waals surface area contributed by atoms with Crippen LogP contribution in [0.2, 0.25) is 0 Å². The molecule has 0 spiro atoms. The van der Waals surface area contributed by atoms with Crippen LogP contribution in [-0.2, 0) is 30.6 Å². The Balaban J connectivity index is 2.02. The molecule has 0 unspecified atom stereocenters. The van der Waals surface area contributed by atoms with Crippen LogP contribution in [0.1, 0.15) is 52.0 Å². The van der Waals surface area contributed by atoms with E-state index in [0.717, 1.165) is 60.2 Å². The highest BCUT2D eigenvalue weighted by Gasteiger charge is 2.21. The molecule has 0 fully saturated rings. The number of aliphatic carboxylic acids is 1. The number of carbonyl (C=O) groups is 1. The lowest BCUT2D eigenvalue weighted by Gasteiger charge is -2.22. The molecule has 1 aliphatic carbocycles. The second kappa shape index (κ2) is 6.30. The Bertz CT molecular complexity index is 806. The van der Waals surface area contributed by atoms with Gasteiger partial charge in [0.25, 0.3) is 0 Å². The van der Waals surface area contributed by atoms with Gasteiger partial charge in [-0.25, -0.2) is 0 Å². The van der Waals surface area contributed by atoms with E-state index in [0.29, 0.717) is 5.75 Å². The number of carboxylic acid groups (broad SMARTS) is 1. The zero-order chi connectivity index (χ0) is 17.4. The molecule has 1 aromatic carbocycles. The molecule has 0 saturated carbocycles. The SMILES string of the molecule is Cc1cc(Cc2c(C)nn(CC(=O)O)c2C)c2c(c1O)CCCC2. The van der Waals surface area contributed by atoms with E-state index in [1.807, 2.05) is 20.8 Å². The van der Waals surface area contributed by atoms with Crippen molar-refractivity contribution in [2.24, 2.45) is 0 Å². The maximum absolute atomic E-state index is 11.0. The molecule has 1 aromatic heterocycles. The highest BCUT2D eigenvalue weighted by atomic mass is 16.4. The van der Waals surface area contributed by atoms with Gasteiger partial charge in [0.1, 0.15) is 12.3 Å². The molecule has 3 rings (SSSR count). The Morgan fingerprint density at radius 1 is 1.21 bits per heavy atom. The van der Waals surface area contributed by atoms with Crippen LogP contribution >= 0.6 is 0 Å². The van der Waals surface area contributed by atoms with E-state index in [1.165, 1.54) is 11.1 Å². The Hall–Kier alpha value is -2.30. The summed E-state index contributed by atoms with van der Waals surface area (Å²) in [5.41, 5.74) is 7.40. The van der Waals surface area contributed by atoms with Crippen molar-refractivity contribution in [3.8, 4) is 5.75 Å². The van der Waals surface area contributed by atoms with E-state index in [-0.39, 0.29) is 6.54 Å². The number of rotatable bonds is 4. The molecule has 0 saturated heterocycles. The Labute approximate surface area is 141 Å². The molecule has 5 heteroatoms. The first kappa shape index (κ1) is 16.6. The van der Waals surface area contributed by atoms with Gasteiger partial charge in [0.2, 0.25) is 0 Å². The third-order valence-electron chi connectivity index (χ3n) is 5.09. The second-order valence-electron chi connectivity index (χ2n) is 6.74. The highest BCUT2D eigenvalue weighted by Crippen LogP contribution is 2.35. The lowest BCUT2D eigenvalue weighted by atomic mass is 9.84. The molecular formula is C19H24N2O3. The van der Waals surface area contributed by atoms with Gasteiger partial charge in [0.15, 0.2) is 0 Å². The summed E-state index contributed by atoms with van der Waals surface area (Å²) >= 11 is 0. The average molecular weight is 328 g/mol. The van der Waals surface area contributed by atoms with Crippen LogP contribution in [0.25, 0.3) is 0 Å². The minimum Gasteiger partial charge on any atom is -0.507 e. The molecule has 128 valence electrons. The summed E-state index contributed by atoms with van der Waals surface area (Å²) in [6, 6.07) is 2.08. The standard InChI is InChI=1S/C19H24N2O3/c1-11-8-14(15-6-4-5-7-16(15)19(11)24)9-17-12(2)20-21(13(17)3)10-18(22)23/h8,24H,4-7,9-10H2,1-3H3,(H,22,23). The van der Waals surface area contributed by atoms with Crippen LogP contribution in [0.15, 0.2) is 6.07 Å². The van der Waals surface area contributed by atoms with Crippen LogP contribution in [0.5, 0.6) is 5.75 Å². The Morgan fingerprint density at radius 3 is 2.54 bits per heavy atom. The molecule has 0 aliphatic heterocycles. The fraction of sp³-hybridized carbons (Fsp3) is 0.474. The number of phenols is 1. The largest absolute Gasteiger partial charge is 0.507 e. The molecule has 0 bridgehead atoms. The smallest absolute Gasteiger partial charge is 0.325 e. The first-order valence-electron chi connectivity index (χ1n) is 8.46. The Morgan fingerprint density at radius 2 is 1.88 bits per heavy atom. The maximum atomic E-state index is 11.0. The van der Waals surface area contributed by atoms with Gasteiger partial charge in [-0.2, -0.15) is 5.10 Å². The first-order valence-corrected chi connectivity index (χ1v) is 8.46. The third-order valence-corrected chi connectivity index (χ3v) is 5.09. The number of aromatic hydroxyl groups is 1. The number of phenolic OH excluding ortho intramolecular Hbond substituents is 1. The van der Waals surface area contributed by atoms with E-state index >= 15 is 0 Å². The molecule has 24 heavy (non-hydrogen) atoms. The zero-order valence-corrected chi connectivity index (χ0v) is 14.5.